The monoisotopic (exact) mass is 271 g/mol. The highest BCUT2D eigenvalue weighted by atomic mass is 16.5. The van der Waals surface area contributed by atoms with E-state index >= 15 is 0 Å². The summed E-state index contributed by atoms with van der Waals surface area (Å²) in [6.45, 7) is 5.59. The Hall–Kier alpha value is -2.43. The Labute approximate surface area is 118 Å². The van der Waals surface area contributed by atoms with Crippen LogP contribution in [-0.4, -0.2) is 23.0 Å². The maximum atomic E-state index is 12.2. The van der Waals surface area contributed by atoms with Crippen LogP contribution in [0.5, 0.6) is 6.01 Å². The molecule has 0 aliphatic heterocycles. The van der Waals surface area contributed by atoms with Gasteiger partial charge in [-0.3, -0.25) is 4.79 Å². The zero-order valence-electron chi connectivity index (χ0n) is 12.0. The van der Waals surface area contributed by atoms with Gasteiger partial charge >= 0.3 is 6.01 Å². The highest BCUT2D eigenvalue weighted by Crippen LogP contribution is 2.20. The molecule has 1 N–H and O–H groups in total. The number of rotatable bonds is 3. The van der Waals surface area contributed by atoms with E-state index in [0.717, 1.165) is 5.56 Å². The molecule has 2 aromatic rings. The zero-order chi connectivity index (χ0) is 14.7. The first-order chi connectivity index (χ1) is 9.51. The number of carbonyl (C=O) groups is 1. The Kier molecular flexibility index (Phi) is 3.98. The van der Waals surface area contributed by atoms with Crippen molar-refractivity contribution in [2.24, 2.45) is 0 Å². The number of hydrogen-bond donors (Lipinski definition) is 1. The van der Waals surface area contributed by atoms with Crippen LogP contribution in [0.15, 0.2) is 24.3 Å². The number of ether oxygens (including phenoxy) is 1. The molecule has 0 saturated heterocycles. The molecule has 20 heavy (non-hydrogen) atoms. The van der Waals surface area contributed by atoms with Crippen molar-refractivity contribution in [3.8, 4) is 6.01 Å². The van der Waals surface area contributed by atoms with Crippen LogP contribution in [0.4, 0.5) is 5.69 Å². The standard InChI is InChI=1S/C15H17N3O2/c1-9-5-7-12(8-6-9)14(19)18-13-10(2)16-15(20-4)17-11(13)3/h5-8H,1-4H3,(H,18,19). The molecule has 0 saturated carbocycles. The number of aromatic nitrogens is 2. The minimum Gasteiger partial charge on any atom is -0.467 e. The van der Waals surface area contributed by atoms with Crippen LogP contribution in [0, 0.1) is 20.8 Å². The summed E-state index contributed by atoms with van der Waals surface area (Å²) in [7, 11) is 1.51. The SMILES string of the molecule is COc1nc(C)c(NC(=O)c2ccc(C)cc2)c(C)n1. The third kappa shape index (κ3) is 2.93. The lowest BCUT2D eigenvalue weighted by molar-refractivity contribution is 0.102. The highest BCUT2D eigenvalue weighted by Gasteiger charge is 2.13. The Balaban J connectivity index is 2.26. The topological polar surface area (TPSA) is 64.1 Å². The van der Waals surface area contributed by atoms with E-state index in [-0.39, 0.29) is 5.91 Å². The predicted octanol–water partition coefficient (Wildman–Crippen LogP) is 2.66. The van der Waals surface area contributed by atoms with Crippen molar-refractivity contribution in [1.82, 2.24) is 9.97 Å². The van der Waals surface area contributed by atoms with Crippen molar-refractivity contribution in [2.75, 3.05) is 12.4 Å². The molecule has 0 fully saturated rings. The van der Waals surface area contributed by atoms with Crippen LogP contribution in [0.2, 0.25) is 0 Å². The second kappa shape index (κ2) is 5.69. The van der Waals surface area contributed by atoms with Gasteiger partial charge in [0.25, 0.3) is 5.91 Å². The number of benzene rings is 1. The normalized spacial score (nSPS) is 10.2. The van der Waals surface area contributed by atoms with Crippen molar-refractivity contribution in [3.05, 3.63) is 46.8 Å². The maximum absolute atomic E-state index is 12.2. The van der Waals surface area contributed by atoms with Gasteiger partial charge in [0.15, 0.2) is 0 Å². The van der Waals surface area contributed by atoms with Gasteiger partial charge in [-0.25, -0.2) is 0 Å². The van der Waals surface area contributed by atoms with Gasteiger partial charge in [-0.2, -0.15) is 9.97 Å². The fourth-order valence-electron chi connectivity index (χ4n) is 1.85. The molecule has 1 aromatic heterocycles. The average molecular weight is 271 g/mol. The summed E-state index contributed by atoms with van der Waals surface area (Å²) in [6, 6.07) is 7.69. The number of aryl methyl sites for hydroxylation is 3. The van der Waals surface area contributed by atoms with E-state index in [4.69, 9.17) is 4.74 Å². The van der Waals surface area contributed by atoms with Gasteiger partial charge in [-0.1, -0.05) is 17.7 Å². The molecular formula is C15H17N3O2. The molecule has 0 spiro atoms. The first-order valence-electron chi connectivity index (χ1n) is 6.28. The minimum atomic E-state index is -0.176. The number of carbonyl (C=O) groups excluding carboxylic acids is 1. The van der Waals surface area contributed by atoms with Gasteiger partial charge in [0.05, 0.1) is 24.2 Å². The number of nitrogens with one attached hydrogen (secondary N) is 1. The number of amides is 1. The Morgan fingerprint density at radius 1 is 1.05 bits per heavy atom. The lowest BCUT2D eigenvalue weighted by atomic mass is 10.1. The molecule has 5 nitrogen and oxygen atoms in total. The third-order valence-electron chi connectivity index (χ3n) is 2.99. The van der Waals surface area contributed by atoms with Crippen molar-refractivity contribution in [2.45, 2.75) is 20.8 Å². The zero-order valence-corrected chi connectivity index (χ0v) is 12.0. The molecule has 0 radical (unpaired) electrons. The van der Waals surface area contributed by atoms with E-state index in [9.17, 15) is 4.79 Å². The largest absolute Gasteiger partial charge is 0.467 e. The van der Waals surface area contributed by atoms with Crippen LogP contribution in [-0.2, 0) is 0 Å². The van der Waals surface area contributed by atoms with Gasteiger partial charge in [0, 0.05) is 5.56 Å². The second-order valence-corrected chi connectivity index (χ2v) is 4.58. The van der Waals surface area contributed by atoms with Crippen LogP contribution in [0.1, 0.15) is 27.3 Å². The van der Waals surface area contributed by atoms with Gasteiger partial charge < -0.3 is 10.1 Å². The quantitative estimate of drug-likeness (QED) is 0.932. The molecule has 0 bridgehead atoms. The smallest absolute Gasteiger partial charge is 0.316 e. The van der Waals surface area contributed by atoms with E-state index in [0.29, 0.717) is 28.6 Å². The fourth-order valence-corrected chi connectivity index (χ4v) is 1.85. The van der Waals surface area contributed by atoms with Crippen molar-refractivity contribution in [1.29, 1.82) is 0 Å². The van der Waals surface area contributed by atoms with E-state index in [2.05, 4.69) is 15.3 Å². The van der Waals surface area contributed by atoms with E-state index < -0.39 is 0 Å². The summed E-state index contributed by atoms with van der Waals surface area (Å²) in [6.07, 6.45) is 0. The predicted molar refractivity (Wildman–Crippen MR) is 77.2 cm³/mol. The first-order valence-corrected chi connectivity index (χ1v) is 6.28. The number of methoxy groups -OCH3 is 1. The Morgan fingerprint density at radius 3 is 2.10 bits per heavy atom. The number of hydrogen-bond acceptors (Lipinski definition) is 4. The van der Waals surface area contributed by atoms with Crippen LogP contribution >= 0.6 is 0 Å². The van der Waals surface area contributed by atoms with Gasteiger partial charge in [-0.05, 0) is 32.9 Å². The summed E-state index contributed by atoms with van der Waals surface area (Å²) in [4.78, 5) is 20.5. The Morgan fingerprint density at radius 2 is 1.60 bits per heavy atom. The molecule has 5 heteroatoms. The second-order valence-electron chi connectivity index (χ2n) is 4.58. The van der Waals surface area contributed by atoms with E-state index in [1.807, 2.05) is 32.9 Å². The van der Waals surface area contributed by atoms with E-state index in [1.54, 1.807) is 12.1 Å². The van der Waals surface area contributed by atoms with Gasteiger partial charge in [-0.15, -0.1) is 0 Å². The molecule has 1 heterocycles. The van der Waals surface area contributed by atoms with Gasteiger partial charge in [0.2, 0.25) is 0 Å². The lowest BCUT2D eigenvalue weighted by Crippen LogP contribution is -2.15. The molecular weight excluding hydrogens is 254 g/mol. The van der Waals surface area contributed by atoms with Crippen LogP contribution in [0.3, 0.4) is 0 Å². The molecule has 104 valence electrons. The van der Waals surface area contributed by atoms with Gasteiger partial charge in [0.1, 0.15) is 0 Å². The molecule has 0 atom stereocenters. The fraction of sp³-hybridized carbons (Fsp3) is 0.267. The highest BCUT2D eigenvalue weighted by molar-refractivity contribution is 6.04. The average Bonchev–Trinajstić information content (AvgIpc) is 2.43. The van der Waals surface area contributed by atoms with Crippen LogP contribution in [0.25, 0.3) is 0 Å². The third-order valence-corrected chi connectivity index (χ3v) is 2.99. The molecule has 0 unspecified atom stereocenters. The van der Waals surface area contributed by atoms with Crippen molar-refractivity contribution >= 4 is 11.6 Å². The molecule has 1 amide bonds. The summed E-state index contributed by atoms with van der Waals surface area (Å²) in [5.74, 6) is -0.176. The summed E-state index contributed by atoms with van der Waals surface area (Å²) >= 11 is 0. The number of anilines is 1. The first kappa shape index (κ1) is 14.0. The molecule has 0 aliphatic carbocycles. The van der Waals surface area contributed by atoms with Crippen molar-refractivity contribution in [3.63, 3.8) is 0 Å². The minimum absolute atomic E-state index is 0.176. The molecule has 1 aromatic carbocycles. The lowest BCUT2D eigenvalue weighted by Gasteiger charge is -2.11. The molecule has 0 aliphatic rings. The number of nitrogens with zero attached hydrogens (tertiary/aromatic N) is 2. The summed E-state index contributed by atoms with van der Waals surface area (Å²) in [5, 5.41) is 2.85. The molecule has 2 rings (SSSR count). The van der Waals surface area contributed by atoms with Crippen molar-refractivity contribution < 1.29 is 9.53 Å². The van der Waals surface area contributed by atoms with Crippen LogP contribution < -0.4 is 10.1 Å². The summed E-state index contributed by atoms with van der Waals surface area (Å²) < 4.78 is 5.00. The van der Waals surface area contributed by atoms with E-state index in [1.165, 1.54) is 7.11 Å². The Bertz CT molecular complexity index is 613. The summed E-state index contributed by atoms with van der Waals surface area (Å²) in [5.41, 5.74) is 3.69. The maximum Gasteiger partial charge on any atom is 0.316 e.